The Labute approximate surface area is 147 Å². The number of aliphatic hydroxyl groups excluding tert-OH is 1. The van der Waals surface area contributed by atoms with Crippen molar-refractivity contribution in [2.24, 2.45) is 0 Å². The first-order valence-electron chi connectivity index (χ1n) is 7.99. The zero-order chi connectivity index (χ0) is 18.2. The van der Waals surface area contributed by atoms with E-state index in [0.29, 0.717) is 30.0 Å². The average molecular weight is 341 g/mol. The minimum Gasteiger partial charge on any atom is -0.515 e. The summed E-state index contributed by atoms with van der Waals surface area (Å²) >= 11 is 0. The summed E-state index contributed by atoms with van der Waals surface area (Å²) in [6.07, 6.45) is 1.48. The third-order valence-corrected chi connectivity index (χ3v) is 3.88. The van der Waals surface area contributed by atoms with Gasteiger partial charge in [-0.3, -0.25) is 4.79 Å². The molecule has 0 saturated carbocycles. The number of hydrogen-bond acceptors (Lipinski definition) is 4. The van der Waals surface area contributed by atoms with Crippen LogP contribution < -0.4 is 14.8 Å². The lowest BCUT2D eigenvalue weighted by atomic mass is 10.0. The van der Waals surface area contributed by atoms with Gasteiger partial charge in [0.15, 0.2) is 11.5 Å². The number of aliphatic hydroxyl groups is 1. The van der Waals surface area contributed by atoms with E-state index in [0.717, 1.165) is 17.4 Å². The molecule has 2 aromatic rings. The molecule has 0 fully saturated rings. The Bertz CT molecular complexity index is 751. The van der Waals surface area contributed by atoms with Crippen molar-refractivity contribution in [1.82, 2.24) is 5.32 Å². The molecule has 0 aliphatic heterocycles. The fourth-order valence-electron chi connectivity index (χ4n) is 2.45. The summed E-state index contributed by atoms with van der Waals surface area (Å²) in [6.45, 7) is 2.41. The Morgan fingerprint density at radius 1 is 1.08 bits per heavy atom. The number of carbonyl (C=O) groups excluding carboxylic acids is 1. The van der Waals surface area contributed by atoms with Crippen LogP contribution in [0.1, 0.15) is 16.7 Å². The Morgan fingerprint density at radius 2 is 1.76 bits per heavy atom. The minimum atomic E-state index is -0.313. The van der Waals surface area contributed by atoms with Crippen LogP contribution in [0, 0.1) is 6.92 Å². The Kier molecular flexibility index (Phi) is 6.46. The highest BCUT2D eigenvalue weighted by atomic mass is 16.5. The number of aryl methyl sites for hydroxylation is 1. The van der Waals surface area contributed by atoms with Crippen molar-refractivity contribution in [2.75, 3.05) is 20.8 Å². The van der Waals surface area contributed by atoms with E-state index in [2.05, 4.69) is 5.32 Å². The quantitative estimate of drug-likeness (QED) is 0.599. The van der Waals surface area contributed by atoms with Gasteiger partial charge in [-0.1, -0.05) is 35.9 Å². The number of ether oxygens (including phenoxy) is 2. The molecular formula is C20H23NO4. The molecule has 5 nitrogen and oxygen atoms in total. The summed E-state index contributed by atoms with van der Waals surface area (Å²) < 4.78 is 10.5. The smallest absolute Gasteiger partial charge is 0.255 e. The number of carbonyl (C=O) groups is 1. The second kappa shape index (κ2) is 8.78. The SMILES string of the molecule is COc1ccc(CCNC(=O)/C(=C\O)c2ccc(C)cc2)cc1OC. The van der Waals surface area contributed by atoms with Crippen molar-refractivity contribution in [1.29, 1.82) is 0 Å². The van der Waals surface area contributed by atoms with Gasteiger partial charge in [-0.15, -0.1) is 0 Å². The normalized spacial score (nSPS) is 11.1. The third kappa shape index (κ3) is 4.76. The van der Waals surface area contributed by atoms with Gasteiger partial charge in [-0.05, 0) is 36.6 Å². The summed E-state index contributed by atoms with van der Waals surface area (Å²) in [4.78, 5) is 12.3. The van der Waals surface area contributed by atoms with Gasteiger partial charge in [-0.25, -0.2) is 0 Å². The number of benzene rings is 2. The van der Waals surface area contributed by atoms with E-state index in [4.69, 9.17) is 9.47 Å². The molecule has 132 valence electrons. The predicted molar refractivity (Wildman–Crippen MR) is 98.0 cm³/mol. The Morgan fingerprint density at radius 3 is 2.36 bits per heavy atom. The topological polar surface area (TPSA) is 67.8 Å². The molecule has 5 heteroatoms. The van der Waals surface area contributed by atoms with Crippen LogP contribution in [-0.4, -0.2) is 31.8 Å². The molecule has 2 rings (SSSR count). The number of hydrogen-bond donors (Lipinski definition) is 2. The number of methoxy groups -OCH3 is 2. The monoisotopic (exact) mass is 341 g/mol. The fourth-order valence-corrected chi connectivity index (χ4v) is 2.45. The van der Waals surface area contributed by atoms with Gasteiger partial charge in [-0.2, -0.15) is 0 Å². The maximum absolute atomic E-state index is 12.3. The van der Waals surface area contributed by atoms with Crippen LogP contribution in [0.5, 0.6) is 11.5 Å². The van der Waals surface area contributed by atoms with Crippen molar-refractivity contribution in [3.8, 4) is 11.5 Å². The van der Waals surface area contributed by atoms with Crippen LogP contribution in [0.2, 0.25) is 0 Å². The minimum absolute atomic E-state index is 0.243. The molecule has 1 amide bonds. The van der Waals surface area contributed by atoms with Crippen LogP contribution in [0.3, 0.4) is 0 Å². The molecular weight excluding hydrogens is 318 g/mol. The van der Waals surface area contributed by atoms with Gasteiger partial charge in [0.05, 0.1) is 26.1 Å². The summed E-state index contributed by atoms with van der Waals surface area (Å²) in [5, 5.41) is 12.2. The van der Waals surface area contributed by atoms with Gasteiger partial charge in [0.1, 0.15) is 0 Å². The summed E-state index contributed by atoms with van der Waals surface area (Å²) in [7, 11) is 3.18. The summed E-state index contributed by atoms with van der Waals surface area (Å²) in [6, 6.07) is 13.1. The van der Waals surface area contributed by atoms with Gasteiger partial charge in [0, 0.05) is 6.54 Å². The molecule has 0 aliphatic rings. The van der Waals surface area contributed by atoms with Gasteiger partial charge in [0.2, 0.25) is 0 Å². The summed E-state index contributed by atoms with van der Waals surface area (Å²) in [5.41, 5.74) is 3.03. The molecule has 0 aromatic heterocycles. The molecule has 0 unspecified atom stereocenters. The zero-order valence-electron chi connectivity index (χ0n) is 14.7. The largest absolute Gasteiger partial charge is 0.515 e. The first-order chi connectivity index (χ1) is 12.1. The van der Waals surface area contributed by atoms with Gasteiger partial charge in [0.25, 0.3) is 5.91 Å². The van der Waals surface area contributed by atoms with E-state index in [1.54, 1.807) is 14.2 Å². The van der Waals surface area contributed by atoms with Crippen molar-refractivity contribution in [3.63, 3.8) is 0 Å². The maximum Gasteiger partial charge on any atom is 0.255 e. The predicted octanol–water partition coefficient (Wildman–Crippen LogP) is 3.27. The first-order valence-corrected chi connectivity index (χ1v) is 7.99. The van der Waals surface area contributed by atoms with Crippen LogP contribution in [0.4, 0.5) is 0 Å². The lowest BCUT2D eigenvalue weighted by molar-refractivity contribution is -0.115. The average Bonchev–Trinajstić information content (AvgIpc) is 2.63. The zero-order valence-corrected chi connectivity index (χ0v) is 14.7. The number of rotatable bonds is 7. The first kappa shape index (κ1) is 18.4. The molecule has 25 heavy (non-hydrogen) atoms. The molecule has 0 bridgehead atoms. The highest BCUT2D eigenvalue weighted by Crippen LogP contribution is 2.27. The summed E-state index contributed by atoms with van der Waals surface area (Å²) in [5.74, 6) is 1.01. The molecule has 0 radical (unpaired) electrons. The third-order valence-electron chi connectivity index (χ3n) is 3.88. The molecule has 0 heterocycles. The van der Waals surface area contributed by atoms with E-state index in [-0.39, 0.29) is 11.5 Å². The molecule has 2 N–H and O–H groups in total. The highest BCUT2D eigenvalue weighted by Gasteiger charge is 2.12. The highest BCUT2D eigenvalue weighted by molar-refractivity contribution is 6.19. The Balaban J connectivity index is 1.96. The molecule has 0 aliphatic carbocycles. The van der Waals surface area contributed by atoms with Crippen LogP contribution in [0.25, 0.3) is 5.57 Å². The van der Waals surface area contributed by atoms with E-state index in [1.165, 1.54) is 0 Å². The fraction of sp³-hybridized carbons (Fsp3) is 0.250. The van der Waals surface area contributed by atoms with Gasteiger partial charge < -0.3 is 19.9 Å². The van der Waals surface area contributed by atoms with Crippen LogP contribution in [0.15, 0.2) is 48.7 Å². The second-order valence-corrected chi connectivity index (χ2v) is 5.60. The van der Waals surface area contributed by atoms with Crippen molar-refractivity contribution in [3.05, 3.63) is 65.4 Å². The van der Waals surface area contributed by atoms with Crippen LogP contribution >= 0.6 is 0 Å². The van der Waals surface area contributed by atoms with E-state index < -0.39 is 0 Å². The lowest BCUT2D eigenvalue weighted by Crippen LogP contribution is -2.26. The van der Waals surface area contributed by atoms with Gasteiger partial charge >= 0.3 is 0 Å². The molecule has 0 atom stereocenters. The van der Waals surface area contributed by atoms with Crippen molar-refractivity contribution in [2.45, 2.75) is 13.3 Å². The van der Waals surface area contributed by atoms with Crippen LogP contribution in [-0.2, 0) is 11.2 Å². The van der Waals surface area contributed by atoms with E-state index >= 15 is 0 Å². The van der Waals surface area contributed by atoms with Crippen molar-refractivity contribution >= 4 is 11.5 Å². The second-order valence-electron chi connectivity index (χ2n) is 5.60. The molecule has 2 aromatic carbocycles. The number of amides is 1. The lowest BCUT2D eigenvalue weighted by Gasteiger charge is -2.11. The Hall–Kier alpha value is -2.95. The standard InChI is InChI=1S/C20H23NO4/c1-14-4-7-16(8-5-14)17(13-22)20(23)21-11-10-15-6-9-18(24-2)19(12-15)25-3/h4-9,12-13,22H,10-11H2,1-3H3,(H,21,23)/b17-13-. The van der Waals surface area contributed by atoms with Crippen molar-refractivity contribution < 1.29 is 19.4 Å². The molecule has 0 spiro atoms. The maximum atomic E-state index is 12.3. The number of nitrogens with one attached hydrogen (secondary N) is 1. The molecule has 0 saturated heterocycles. The van der Waals surface area contributed by atoms with E-state index in [9.17, 15) is 9.90 Å². The van der Waals surface area contributed by atoms with E-state index in [1.807, 2.05) is 49.4 Å².